The second-order valence-corrected chi connectivity index (χ2v) is 4.32. The minimum absolute atomic E-state index is 0.248. The van der Waals surface area contributed by atoms with Crippen molar-refractivity contribution in [1.29, 1.82) is 10.5 Å². The van der Waals surface area contributed by atoms with Gasteiger partial charge >= 0.3 is 5.97 Å². The fourth-order valence-corrected chi connectivity index (χ4v) is 1.98. The van der Waals surface area contributed by atoms with E-state index in [1.54, 1.807) is 31.1 Å². The maximum absolute atomic E-state index is 11.9. The molecule has 0 aliphatic rings. The summed E-state index contributed by atoms with van der Waals surface area (Å²) in [5.74, 6) is -1.38. The molecule has 1 aromatic heterocycles. The third-order valence-corrected chi connectivity index (χ3v) is 3.37. The lowest BCUT2D eigenvalue weighted by Gasteiger charge is -2.25. The molecule has 0 spiro atoms. The van der Waals surface area contributed by atoms with Crippen molar-refractivity contribution in [3.8, 4) is 12.1 Å². The van der Waals surface area contributed by atoms with Crippen LogP contribution in [0.4, 0.5) is 0 Å². The van der Waals surface area contributed by atoms with Gasteiger partial charge in [0.05, 0.1) is 31.5 Å². The molecule has 0 unspecified atom stereocenters. The molecule has 6 nitrogen and oxygen atoms in total. The van der Waals surface area contributed by atoms with E-state index < -0.39 is 17.3 Å². The second kappa shape index (κ2) is 6.01. The van der Waals surface area contributed by atoms with Gasteiger partial charge in [0.1, 0.15) is 0 Å². The topological polar surface area (TPSA) is 91.7 Å². The predicted molar refractivity (Wildman–Crippen MR) is 66.4 cm³/mol. The SMILES string of the molecule is CCC(C#N)(C#N)[C@@H](Cc1cncn1C)C(=O)OC. The van der Waals surface area contributed by atoms with Crippen LogP contribution >= 0.6 is 0 Å². The van der Waals surface area contributed by atoms with E-state index in [2.05, 4.69) is 4.98 Å². The fraction of sp³-hybridized carbons (Fsp3) is 0.538. The first-order valence-electron chi connectivity index (χ1n) is 5.90. The number of ether oxygens (including phenoxy) is 1. The Morgan fingerprint density at radius 1 is 1.58 bits per heavy atom. The van der Waals surface area contributed by atoms with Crippen LogP contribution in [0.3, 0.4) is 0 Å². The normalized spacial score (nSPS) is 12.3. The number of imidazole rings is 1. The van der Waals surface area contributed by atoms with Gasteiger partial charge in [0.15, 0.2) is 5.41 Å². The van der Waals surface area contributed by atoms with Gasteiger partial charge in [0, 0.05) is 25.4 Å². The number of carbonyl (C=O) groups is 1. The van der Waals surface area contributed by atoms with E-state index in [1.165, 1.54) is 7.11 Å². The number of carbonyl (C=O) groups excluding carboxylic acids is 1. The van der Waals surface area contributed by atoms with Gasteiger partial charge in [-0.15, -0.1) is 0 Å². The van der Waals surface area contributed by atoms with Crippen LogP contribution in [0.5, 0.6) is 0 Å². The van der Waals surface area contributed by atoms with Crippen LogP contribution in [0, 0.1) is 34.0 Å². The number of aryl methyl sites for hydroxylation is 1. The van der Waals surface area contributed by atoms with Gasteiger partial charge < -0.3 is 9.30 Å². The molecule has 6 heteroatoms. The van der Waals surface area contributed by atoms with Crippen molar-refractivity contribution in [3.63, 3.8) is 0 Å². The van der Waals surface area contributed by atoms with Gasteiger partial charge in [-0.2, -0.15) is 10.5 Å². The molecular formula is C13H16N4O2. The van der Waals surface area contributed by atoms with E-state index in [0.717, 1.165) is 5.69 Å². The van der Waals surface area contributed by atoms with Crippen molar-refractivity contribution in [1.82, 2.24) is 9.55 Å². The summed E-state index contributed by atoms with van der Waals surface area (Å²) in [6.07, 6.45) is 3.73. The van der Waals surface area contributed by atoms with Gasteiger partial charge in [0.2, 0.25) is 0 Å². The third-order valence-electron chi connectivity index (χ3n) is 3.37. The summed E-state index contributed by atoms with van der Waals surface area (Å²) in [7, 11) is 3.05. The number of nitriles is 2. The molecule has 0 bridgehead atoms. The molecule has 1 aromatic rings. The molecule has 0 saturated carbocycles. The lowest BCUT2D eigenvalue weighted by Crippen LogP contribution is -2.36. The van der Waals surface area contributed by atoms with Crippen molar-refractivity contribution in [2.24, 2.45) is 18.4 Å². The summed E-state index contributed by atoms with van der Waals surface area (Å²) in [6.45, 7) is 1.71. The Morgan fingerprint density at radius 3 is 2.58 bits per heavy atom. The number of esters is 1. The number of rotatable bonds is 5. The Kier molecular flexibility index (Phi) is 4.66. The maximum Gasteiger partial charge on any atom is 0.311 e. The molecule has 1 heterocycles. The van der Waals surface area contributed by atoms with Gasteiger partial charge in [-0.25, -0.2) is 4.98 Å². The fourth-order valence-electron chi connectivity index (χ4n) is 1.98. The molecular weight excluding hydrogens is 244 g/mol. The standard InChI is InChI=1S/C13H16N4O2/c1-4-13(7-14,8-15)11(12(18)19-3)5-10-6-16-9-17(10)2/h6,9,11H,4-5H2,1-3H3/t11-/m0/s1. The van der Waals surface area contributed by atoms with Crippen LogP contribution in [0.25, 0.3) is 0 Å². The van der Waals surface area contributed by atoms with E-state index in [-0.39, 0.29) is 12.8 Å². The second-order valence-electron chi connectivity index (χ2n) is 4.32. The minimum Gasteiger partial charge on any atom is -0.469 e. The third kappa shape index (κ3) is 2.74. The molecule has 1 rings (SSSR count). The summed E-state index contributed by atoms with van der Waals surface area (Å²) in [5.41, 5.74) is -0.601. The highest BCUT2D eigenvalue weighted by Crippen LogP contribution is 2.33. The first-order chi connectivity index (χ1) is 9.04. The van der Waals surface area contributed by atoms with Crippen molar-refractivity contribution < 1.29 is 9.53 Å². The van der Waals surface area contributed by atoms with Crippen molar-refractivity contribution in [3.05, 3.63) is 18.2 Å². The lowest BCUT2D eigenvalue weighted by molar-refractivity contribution is -0.148. The molecule has 0 amide bonds. The van der Waals surface area contributed by atoms with E-state index in [4.69, 9.17) is 4.74 Å². The largest absolute Gasteiger partial charge is 0.469 e. The number of nitrogens with zero attached hydrogens (tertiary/aromatic N) is 4. The molecule has 0 aliphatic heterocycles. The Labute approximate surface area is 112 Å². The van der Waals surface area contributed by atoms with Gasteiger partial charge in [-0.1, -0.05) is 6.92 Å². The number of methoxy groups -OCH3 is 1. The van der Waals surface area contributed by atoms with E-state index >= 15 is 0 Å². The molecule has 0 N–H and O–H groups in total. The Balaban J connectivity index is 3.17. The molecule has 0 aliphatic carbocycles. The van der Waals surface area contributed by atoms with Crippen molar-refractivity contribution in [2.45, 2.75) is 19.8 Å². The van der Waals surface area contributed by atoms with Crippen LogP contribution in [0.1, 0.15) is 19.0 Å². The van der Waals surface area contributed by atoms with Crippen LogP contribution < -0.4 is 0 Å². The average molecular weight is 260 g/mol. The zero-order valence-corrected chi connectivity index (χ0v) is 11.3. The number of hydrogen-bond acceptors (Lipinski definition) is 5. The first kappa shape index (κ1) is 14.7. The Bertz CT molecular complexity index is 522. The summed E-state index contributed by atoms with van der Waals surface area (Å²) >= 11 is 0. The number of aromatic nitrogens is 2. The highest BCUT2D eigenvalue weighted by molar-refractivity contribution is 5.75. The van der Waals surface area contributed by atoms with Crippen LogP contribution in [0.2, 0.25) is 0 Å². The van der Waals surface area contributed by atoms with Gasteiger partial charge in [-0.3, -0.25) is 4.79 Å². The molecule has 19 heavy (non-hydrogen) atoms. The first-order valence-corrected chi connectivity index (χ1v) is 5.90. The van der Waals surface area contributed by atoms with Crippen LogP contribution in [0.15, 0.2) is 12.5 Å². The monoisotopic (exact) mass is 260 g/mol. The highest BCUT2D eigenvalue weighted by atomic mass is 16.5. The summed E-state index contributed by atoms with van der Waals surface area (Å²) in [4.78, 5) is 15.9. The van der Waals surface area contributed by atoms with E-state index in [9.17, 15) is 15.3 Å². The van der Waals surface area contributed by atoms with E-state index in [0.29, 0.717) is 0 Å². The van der Waals surface area contributed by atoms with Crippen molar-refractivity contribution >= 4 is 5.97 Å². The summed E-state index contributed by atoms with van der Waals surface area (Å²) in [6, 6.07) is 3.94. The predicted octanol–water partition coefficient (Wildman–Crippen LogP) is 1.20. The molecule has 100 valence electrons. The van der Waals surface area contributed by atoms with Crippen LogP contribution in [-0.4, -0.2) is 22.6 Å². The average Bonchev–Trinajstić information content (AvgIpc) is 2.84. The van der Waals surface area contributed by atoms with Crippen molar-refractivity contribution in [2.75, 3.05) is 7.11 Å². The summed E-state index contributed by atoms with van der Waals surface area (Å²) < 4.78 is 6.50. The zero-order valence-electron chi connectivity index (χ0n) is 11.3. The molecule has 0 aromatic carbocycles. The smallest absolute Gasteiger partial charge is 0.311 e. The van der Waals surface area contributed by atoms with Crippen LogP contribution in [-0.2, 0) is 23.0 Å². The molecule has 0 saturated heterocycles. The molecule has 0 fully saturated rings. The summed E-state index contributed by atoms with van der Waals surface area (Å²) in [5, 5.41) is 18.6. The van der Waals surface area contributed by atoms with Gasteiger partial charge in [-0.05, 0) is 6.42 Å². The quantitative estimate of drug-likeness (QED) is 0.741. The lowest BCUT2D eigenvalue weighted by atomic mass is 9.73. The Morgan fingerprint density at radius 2 is 2.21 bits per heavy atom. The minimum atomic E-state index is -1.38. The highest BCUT2D eigenvalue weighted by Gasteiger charge is 2.44. The van der Waals surface area contributed by atoms with Gasteiger partial charge in [0.25, 0.3) is 0 Å². The molecule has 1 atom stereocenters. The maximum atomic E-state index is 11.9. The van der Waals surface area contributed by atoms with E-state index in [1.807, 2.05) is 12.1 Å². The molecule has 0 radical (unpaired) electrons. The Hall–Kier alpha value is -2.34. The zero-order chi connectivity index (χ0) is 14.5. The number of hydrogen-bond donors (Lipinski definition) is 0.